The Balaban J connectivity index is 0.00000264. The van der Waals surface area contributed by atoms with Crippen LogP contribution >= 0.6 is 24.0 Å². The molecule has 7 heteroatoms. The van der Waals surface area contributed by atoms with Crippen LogP contribution in [0.1, 0.15) is 25.8 Å². The van der Waals surface area contributed by atoms with Gasteiger partial charge in [0.25, 0.3) is 0 Å². The van der Waals surface area contributed by atoms with Crippen molar-refractivity contribution in [2.75, 3.05) is 20.1 Å². The highest BCUT2D eigenvalue weighted by molar-refractivity contribution is 14.0. The number of halogens is 3. The van der Waals surface area contributed by atoms with Crippen molar-refractivity contribution in [2.24, 2.45) is 10.4 Å². The molecule has 1 aromatic rings. The summed E-state index contributed by atoms with van der Waals surface area (Å²) in [4.78, 5) is 6.47. The number of aliphatic imine (C=N–C) groups is 1. The van der Waals surface area contributed by atoms with Gasteiger partial charge in [0.1, 0.15) is 5.75 Å². The highest BCUT2D eigenvalue weighted by Gasteiger charge is 2.30. The molecule has 0 bridgehead atoms. The molecule has 0 unspecified atom stereocenters. The monoisotopic (exact) mass is 439 g/mol. The van der Waals surface area contributed by atoms with E-state index in [0.29, 0.717) is 12.1 Å². The van der Waals surface area contributed by atoms with E-state index in [1.807, 2.05) is 0 Å². The maximum absolute atomic E-state index is 12.4. The zero-order chi connectivity index (χ0) is 16.2. The van der Waals surface area contributed by atoms with Crippen molar-refractivity contribution in [3.8, 4) is 5.75 Å². The number of benzene rings is 1. The van der Waals surface area contributed by atoms with E-state index in [4.69, 9.17) is 0 Å². The molecule has 1 fully saturated rings. The van der Waals surface area contributed by atoms with Gasteiger partial charge >= 0.3 is 6.61 Å². The highest BCUT2D eigenvalue weighted by atomic mass is 127. The van der Waals surface area contributed by atoms with Crippen molar-refractivity contribution in [1.29, 1.82) is 0 Å². The summed E-state index contributed by atoms with van der Waals surface area (Å²) in [6.45, 7) is 3.91. The van der Waals surface area contributed by atoms with Crippen LogP contribution < -0.4 is 10.1 Å². The zero-order valence-corrected chi connectivity index (χ0v) is 16.0. The molecule has 130 valence electrons. The van der Waals surface area contributed by atoms with Crippen LogP contribution in [0.25, 0.3) is 0 Å². The first-order chi connectivity index (χ1) is 10.4. The fraction of sp³-hybridized carbons (Fsp3) is 0.562. The van der Waals surface area contributed by atoms with E-state index < -0.39 is 6.61 Å². The number of nitrogens with zero attached hydrogens (tertiary/aromatic N) is 2. The maximum atomic E-state index is 12.4. The Kier molecular flexibility index (Phi) is 7.50. The maximum Gasteiger partial charge on any atom is 0.387 e. The van der Waals surface area contributed by atoms with E-state index in [2.05, 4.69) is 33.8 Å². The summed E-state index contributed by atoms with van der Waals surface area (Å²) >= 11 is 0. The molecule has 0 aliphatic carbocycles. The van der Waals surface area contributed by atoms with Crippen molar-refractivity contribution in [3.05, 3.63) is 29.8 Å². The second-order valence-corrected chi connectivity index (χ2v) is 6.22. The van der Waals surface area contributed by atoms with Gasteiger partial charge in [-0.05, 0) is 17.9 Å². The molecule has 2 rings (SSSR count). The second-order valence-electron chi connectivity index (χ2n) is 6.22. The normalized spacial score (nSPS) is 17.1. The van der Waals surface area contributed by atoms with Crippen LogP contribution in [0.2, 0.25) is 0 Å². The molecule has 0 spiro atoms. The molecule has 0 radical (unpaired) electrons. The van der Waals surface area contributed by atoms with E-state index in [1.54, 1.807) is 31.3 Å². The van der Waals surface area contributed by atoms with Gasteiger partial charge in [0.2, 0.25) is 0 Å². The number of nitrogens with one attached hydrogen (secondary N) is 1. The van der Waals surface area contributed by atoms with Crippen LogP contribution in [0.15, 0.2) is 29.3 Å². The van der Waals surface area contributed by atoms with Gasteiger partial charge in [-0.3, -0.25) is 4.99 Å². The van der Waals surface area contributed by atoms with Crippen LogP contribution in [0.3, 0.4) is 0 Å². The fourth-order valence-electron chi connectivity index (χ4n) is 2.66. The average molecular weight is 439 g/mol. The number of alkyl halides is 2. The molecule has 1 N–H and O–H groups in total. The Morgan fingerprint density at radius 3 is 2.65 bits per heavy atom. The minimum absolute atomic E-state index is 0. The quantitative estimate of drug-likeness (QED) is 0.442. The third kappa shape index (κ3) is 5.78. The van der Waals surface area contributed by atoms with Crippen LogP contribution in [-0.4, -0.2) is 37.6 Å². The Bertz CT molecular complexity index is 538. The molecule has 1 saturated heterocycles. The lowest BCUT2D eigenvalue weighted by Gasteiger charge is -2.24. The Hall–Kier alpha value is -1.12. The Morgan fingerprint density at radius 2 is 2.09 bits per heavy atom. The number of hydrogen-bond donors (Lipinski definition) is 1. The number of rotatable bonds is 4. The van der Waals surface area contributed by atoms with Crippen LogP contribution in [-0.2, 0) is 6.54 Å². The van der Waals surface area contributed by atoms with Crippen molar-refractivity contribution in [2.45, 2.75) is 33.4 Å². The number of hydrogen-bond acceptors (Lipinski definition) is 2. The van der Waals surface area contributed by atoms with Gasteiger partial charge in [0, 0.05) is 32.2 Å². The van der Waals surface area contributed by atoms with E-state index in [1.165, 1.54) is 0 Å². The average Bonchev–Trinajstić information content (AvgIpc) is 2.81. The first-order valence-electron chi connectivity index (χ1n) is 7.39. The fourth-order valence-corrected chi connectivity index (χ4v) is 2.66. The first kappa shape index (κ1) is 19.9. The minimum atomic E-state index is -2.82. The summed E-state index contributed by atoms with van der Waals surface area (Å²) in [6, 6.07) is 6.80. The topological polar surface area (TPSA) is 36.9 Å². The molecular formula is C16H24F2IN3O. The lowest BCUT2D eigenvalue weighted by atomic mass is 9.93. The van der Waals surface area contributed by atoms with E-state index in [0.717, 1.165) is 25.5 Å². The minimum Gasteiger partial charge on any atom is -0.434 e. The van der Waals surface area contributed by atoms with Gasteiger partial charge in [-0.1, -0.05) is 32.0 Å². The summed E-state index contributed by atoms with van der Waals surface area (Å²) in [5, 5.41) is 3.23. The van der Waals surface area contributed by atoms with E-state index in [9.17, 15) is 8.78 Å². The van der Waals surface area contributed by atoms with Gasteiger partial charge in [-0.15, -0.1) is 24.0 Å². The van der Waals surface area contributed by atoms with Gasteiger partial charge in [0.05, 0.1) is 0 Å². The van der Waals surface area contributed by atoms with Crippen LogP contribution in [0.5, 0.6) is 5.75 Å². The van der Waals surface area contributed by atoms with Crippen molar-refractivity contribution >= 4 is 29.9 Å². The summed E-state index contributed by atoms with van der Waals surface area (Å²) in [7, 11) is 1.73. The number of para-hydroxylation sites is 1. The third-order valence-corrected chi connectivity index (χ3v) is 3.81. The molecule has 1 aliphatic heterocycles. The molecule has 1 aliphatic rings. The summed E-state index contributed by atoms with van der Waals surface area (Å²) in [5.41, 5.74) is 0.955. The molecule has 0 aromatic heterocycles. The van der Waals surface area contributed by atoms with Crippen LogP contribution in [0.4, 0.5) is 8.78 Å². The van der Waals surface area contributed by atoms with Gasteiger partial charge in [-0.25, -0.2) is 0 Å². The second kappa shape index (κ2) is 8.65. The first-order valence-corrected chi connectivity index (χ1v) is 7.39. The molecule has 0 saturated carbocycles. The van der Waals surface area contributed by atoms with Gasteiger partial charge in [0.15, 0.2) is 5.96 Å². The number of guanidine groups is 1. The van der Waals surface area contributed by atoms with Crippen molar-refractivity contribution in [3.63, 3.8) is 0 Å². The summed E-state index contributed by atoms with van der Waals surface area (Å²) in [5.74, 6) is 0.986. The lowest BCUT2D eigenvalue weighted by Crippen LogP contribution is -2.40. The predicted molar refractivity (Wildman–Crippen MR) is 98.7 cm³/mol. The molecule has 0 atom stereocenters. The molecular weight excluding hydrogens is 415 g/mol. The Morgan fingerprint density at radius 1 is 1.39 bits per heavy atom. The predicted octanol–water partition coefficient (Wildman–Crippen LogP) is 3.71. The van der Waals surface area contributed by atoms with Crippen molar-refractivity contribution in [1.82, 2.24) is 10.2 Å². The third-order valence-electron chi connectivity index (χ3n) is 3.81. The summed E-state index contributed by atoms with van der Waals surface area (Å²) in [6.07, 6.45) is 1.11. The smallest absolute Gasteiger partial charge is 0.387 e. The van der Waals surface area contributed by atoms with Gasteiger partial charge in [-0.2, -0.15) is 8.78 Å². The zero-order valence-electron chi connectivity index (χ0n) is 13.7. The molecule has 0 amide bonds. The van der Waals surface area contributed by atoms with E-state index in [-0.39, 0.29) is 35.1 Å². The number of likely N-dealkylation sites (tertiary alicyclic amines) is 1. The number of ether oxygens (including phenoxy) is 1. The van der Waals surface area contributed by atoms with E-state index >= 15 is 0 Å². The molecule has 4 nitrogen and oxygen atoms in total. The molecule has 23 heavy (non-hydrogen) atoms. The standard InChI is InChI=1S/C16H23F2N3O.HI/c1-16(2)8-9-21(11-16)15(19-3)20-10-12-6-4-5-7-13(12)22-14(17)18;/h4-7,14H,8-11H2,1-3H3,(H,19,20);1H. The Labute approximate surface area is 153 Å². The lowest BCUT2D eigenvalue weighted by molar-refractivity contribution is -0.0504. The highest BCUT2D eigenvalue weighted by Crippen LogP contribution is 2.28. The largest absolute Gasteiger partial charge is 0.434 e. The van der Waals surface area contributed by atoms with Crippen LogP contribution in [0, 0.1) is 5.41 Å². The van der Waals surface area contributed by atoms with Crippen molar-refractivity contribution < 1.29 is 13.5 Å². The molecule has 1 aromatic carbocycles. The SMILES string of the molecule is CN=C(NCc1ccccc1OC(F)F)N1CCC(C)(C)C1.I. The summed E-state index contributed by atoms with van der Waals surface area (Å²) < 4.78 is 29.4. The molecule has 1 heterocycles. The van der Waals surface area contributed by atoms with Gasteiger partial charge < -0.3 is 15.0 Å².